The van der Waals surface area contributed by atoms with Crippen LogP contribution in [0.1, 0.15) is 25.1 Å². The summed E-state index contributed by atoms with van der Waals surface area (Å²) < 4.78 is 7.47. The fourth-order valence-corrected chi connectivity index (χ4v) is 2.32. The van der Waals surface area contributed by atoms with Crippen molar-refractivity contribution in [3.05, 3.63) is 40.8 Å². The molecule has 0 aliphatic rings. The van der Waals surface area contributed by atoms with Crippen LogP contribution in [0.3, 0.4) is 0 Å². The van der Waals surface area contributed by atoms with Crippen molar-refractivity contribution in [2.45, 2.75) is 26.3 Å². The van der Waals surface area contributed by atoms with Crippen LogP contribution in [0.5, 0.6) is 0 Å². The highest BCUT2D eigenvalue weighted by Gasteiger charge is 2.12. The number of aromatic nitrogens is 4. The van der Waals surface area contributed by atoms with Crippen LogP contribution in [0.2, 0.25) is 0 Å². The predicted octanol–water partition coefficient (Wildman–Crippen LogP) is 3.08. The monoisotopic (exact) mass is 274 g/mol. The fraction of sp³-hybridized carbons (Fsp3) is 0.308. The number of nitrogens with zero attached hydrogens (tertiary/aromatic N) is 3. The van der Waals surface area contributed by atoms with Gasteiger partial charge in [-0.2, -0.15) is 0 Å². The van der Waals surface area contributed by atoms with Crippen molar-refractivity contribution in [2.24, 2.45) is 0 Å². The van der Waals surface area contributed by atoms with E-state index in [1.165, 1.54) is 0 Å². The number of imidazole rings is 1. The SMILES string of the molecule is CCCc1nc2ccccc2n1Cc1n[nH]c(=S)o1. The molecule has 3 aromatic rings. The van der Waals surface area contributed by atoms with E-state index in [2.05, 4.69) is 32.7 Å². The number of benzene rings is 1. The Morgan fingerprint density at radius 3 is 2.95 bits per heavy atom. The lowest BCUT2D eigenvalue weighted by atomic mass is 10.3. The van der Waals surface area contributed by atoms with Crippen molar-refractivity contribution in [2.75, 3.05) is 0 Å². The first-order valence-corrected chi connectivity index (χ1v) is 6.67. The van der Waals surface area contributed by atoms with Gasteiger partial charge in [-0.05, 0) is 30.8 Å². The minimum atomic E-state index is 0.302. The molecule has 0 atom stereocenters. The van der Waals surface area contributed by atoms with E-state index in [-0.39, 0.29) is 0 Å². The molecule has 0 bridgehead atoms. The van der Waals surface area contributed by atoms with Gasteiger partial charge in [0.1, 0.15) is 12.4 Å². The molecular formula is C13H14N4OS. The second-order valence-corrected chi connectivity index (χ2v) is 4.73. The quantitative estimate of drug-likeness (QED) is 0.743. The summed E-state index contributed by atoms with van der Waals surface area (Å²) in [5, 5.41) is 6.70. The van der Waals surface area contributed by atoms with Crippen molar-refractivity contribution in [1.82, 2.24) is 19.7 Å². The third kappa shape index (κ3) is 2.31. The van der Waals surface area contributed by atoms with E-state index in [0.717, 1.165) is 29.7 Å². The maximum atomic E-state index is 5.34. The Morgan fingerprint density at radius 2 is 2.21 bits per heavy atom. The van der Waals surface area contributed by atoms with E-state index in [1.807, 2.05) is 18.2 Å². The van der Waals surface area contributed by atoms with E-state index in [4.69, 9.17) is 16.6 Å². The number of fused-ring (bicyclic) bond motifs is 1. The van der Waals surface area contributed by atoms with Gasteiger partial charge in [-0.3, -0.25) is 0 Å². The zero-order valence-electron chi connectivity index (χ0n) is 10.6. The number of para-hydroxylation sites is 2. The molecule has 19 heavy (non-hydrogen) atoms. The lowest BCUT2D eigenvalue weighted by Crippen LogP contribution is -2.05. The molecule has 6 heteroatoms. The minimum absolute atomic E-state index is 0.302. The molecule has 98 valence electrons. The summed E-state index contributed by atoms with van der Waals surface area (Å²) in [7, 11) is 0. The van der Waals surface area contributed by atoms with Gasteiger partial charge in [-0.1, -0.05) is 19.1 Å². The summed E-state index contributed by atoms with van der Waals surface area (Å²) in [5.41, 5.74) is 2.09. The Labute approximate surface area is 115 Å². The van der Waals surface area contributed by atoms with Gasteiger partial charge in [-0.25, -0.2) is 10.1 Å². The Balaban J connectivity index is 2.08. The van der Waals surface area contributed by atoms with E-state index >= 15 is 0 Å². The highest BCUT2D eigenvalue weighted by molar-refractivity contribution is 7.71. The number of hydrogen-bond acceptors (Lipinski definition) is 4. The molecular weight excluding hydrogens is 260 g/mol. The van der Waals surface area contributed by atoms with Gasteiger partial charge >= 0.3 is 0 Å². The summed E-state index contributed by atoms with van der Waals surface area (Å²) in [4.78, 5) is 4.96. The molecule has 0 spiro atoms. The van der Waals surface area contributed by atoms with Gasteiger partial charge in [0.25, 0.3) is 4.84 Å². The average molecular weight is 274 g/mol. The van der Waals surface area contributed by atoms with Crippen molar-refractivity contribution < 1.29 is 4.42 Å². The second-order valence-electron chi connectivity index (χ2n) is 4.36. The molecule has 2 heterocycles. The zero-order chi connectivity index (χ0) is 13.2. The maximum absolute atomic E-state index is 5.34. The van der Waals surface area contributed by atoms with Crippen molar-refractivity contribution >= 4 is 23.3 Å². The van der Waals surface area contributed by atoms with Crippen LogP contribution < -0.4 is 0 Å². The van der Waals surface area contributed by atoms with Gasteiger partial charge in [0.2, 0.25) is 5.89 Å². The molecule has 2 aromatic heterocycles. The summed E-state index contributed by atoms with van der Waals surface area (Å²) in [6.07, 6.45) is 1.98. The van der Waals surface area contributed by atoms with Crippen molar-refractivity contribution in [1.29, 1.82) is 0 Å². The molecule has 0 amide bonds. The topological polar surface area (TPSA) is 59.6 Å². The molecule has 5 nitrogen and oxygen atoms in total. The molecule has 0 aliphatic carbocycles. The molecule has 1 N–H and O–H groups in total. The third-order valence-corrected chi connectivity index (χ3v) is 3.16. The average Bonchev–Trinajstić information content (AvgIpc) is 2.96. The number of aryl methyl sites for hydroxylation is 1. The first kappa shape index (κ1) is 12.1. The molecule has 0 unspecified atom stereocenters. The molecule has 1 aromatic carbocycles. The van der Waals surface area contributed by atoms with Gasteiger partial charge in [0.15, 0.2) is 0 Å². The van der Waals surface area contributed by atoms with Crippen LogP contribution in [0.25, 0.3) is 11.0 Å². The van der Waals surface area contributed by atoms with Crippen LogP contribution >= 0.6 is 12.2 Å². The standard InChI is InChI=1S/C13H14N4OS/c1-2-5-11-14-9-6-3-4-7-10(9)17(11)8-12-15-16-13(19)18-12/h3-4,6-7H,2,5,8H2,1H3,(H,16,19). The maximum Gasteiger partial charge on any atom is 0.284 e. The zero-order valence-corrected chi connectivity index (χ0v) is 11.4. The Morgan fingerprint density at radius 1 is 1.37 bits per heavy atom. The number of nitrogens with one attached hydrogen (secondary N) is 1. The Kier molecular flexibility index (Phi) is 3.16. The van der Waals surface area contributed by atoms with Gasteiger partial charge < -0.3 is 8.98 Å². The van der Waals surface area contributed by atoms with E-state index < -0.39 is 0 Å². The second kappa shape index (κ2) is 4.97. The highest BCUT2D eigenvalue weighted by Crippen LogP contribution is 2.18. The van der Waals surface area contributed by atoms with Gasteiger partial charge in [0, 0.05) is 6.42 Å². The molecule has 0 aliphatic heterocycles. The lowest BCUT2D eigenvalue weighted by molar-refractivity contribution is 0.464. The summed E-state index contributed by atoms with van der Waals surface area (Å²) in [6.45, 7) is 2.69. The summed E-state index contributed by atoms with van der Waals surface area (Å²) >= 11 is 4.90. The van der Waals surface area contributed by atoms with E-state index in [1.54, 1.807) is 0 Å². The normalized spacial score (nSPS) is 11.2. The Hall–Kier alpha value is -1.95. The third-order valence-electron chi connectivity index (χ3n) is 2.98. The van der Waals surface area contributed by atoms with Gasteiger partial charge in [0.05, 0.1) is 11.0 Å². The first-order valence-electron chi connectivity index (χ1n) is 6.26. The molecule has 0 fully saturated rings. The summed E-state index contributed by atoms with van der Waals surface area (Å²) in [6, 6.07) is 8.08. The first-order chi connectivity index (χ1) is 9.28. The number of hydrogen-bond donors (Lipinski definition) is 1. The van der Waals surface area contributed by atoms with Crippen LogP contribution in [-0.4, -0.2) is 19.7 Å². The van der Waals surface area contributed by atoms with Crippen LogP contribution in [0, 0.1) is 4.84 Å². The molecule has 3 rings (SSSR count). The highest BCUT2D eigenvalue weighted by atomic mass is 32.1. The lowest BCUT2D eigenvalue weighted by Gasteiger charge is -2.05. The summed E-state index contributed by atoms with van der Waals surface area (Å²) in [5.74, 6) is 1.62. The van der Waals surface area contributed by atoms with Crippen molar-refractivity contribution in [3.63, 3.8) is 0 Å². The van der Waals surface area contributed by atoms with Gasteiger partial charge in [-0.15, -0.1) is 5.10 Å². The smallest absolute Gasteiger partial charge is 0.284 e. The predicted molar refractivity (Wildman–Crippen MR) is 74.5 cm³/mol. The fourth-order valence-electron chi connectivity index (χ4n) is 2.18. The number of H-pyrrole nitrogens is 1. The minimum Gasteiger partial charge on any atom is -0.412 e. The molecule has 0 radical (unpaired) electrons. The molecule has 0 saturated heterocycles. The van der Waals surface area contributed by atoms with Crippen LogP contribution in [0.4, 0.5) is 0 Å². The molecule has 0 saturated carbocycles. The Bertz CT molecular complexity index is 755. The number of aromatic amines is 1. The van der Waals surface area contributed by atoms with E-state index in [0.29, 0.717) is 17.3 Å². The number of rotatable bonds is 4. The largest absolute Gasteiger partial charge is 0.412 e. The van der Waals surface area contributed by atoms with Crippen molar-refractivity contribution in [3.8, 4) is 0 Å². The van der Waals surface area contributed by atoms with Crippen LogP contribution in [-0.2, 0) is 13.0 Å². The van der Waals surface area contributed by atoms with Crippen LogP contribution in [0.15, 0.2) is 28.7 Å². The van der Waals surface area contributed by atoms with E-state index in [9.17, 15) is 0 Å².